The lowest BCUT2D eigenvalue weighted by molar-refractivity contribution is 0.00253. The van der Waals surface area contributed by atoms with Gasteiger partial charge in [0.25, 0.3) is 0 Å². The van der Waals surface area contributed by atoms with E-state index in [1.807, 2.05) is 6.07 Å². The summed E-state index contributed by atoms with van der Waals surface area (Å²) in [5.41, 5.74) is -0.302. The van der Waals surface area contributed by atoms with Crippen LogP contribution in [-0.2, 0) is 6.54 Å². The molecule has 0 aromatic heterocycles. The van der Waals surface area contributed by atoms with Gasteiger partial charge >= 0.3 is 0 Å². The number of hydrogen-bond donors (Lipinski definition) is 3. The molecular weight excluding hydrogens is 223 g/mol. The van der Waals surface area contributed by atoms with E-state index in [9.17, 15) is 9.50 Å². The second-order valence-electron chi connectivity index (χ2n) is 4.17. The van der Waals surface area contributed by atoms with Gasteiger partial charge in [-0.3, -0.25) is 0 Å². The van der Waals surface area contributed by atoms with E-state index >= 15 is 0 Å². The highest BCUT2D eigenvalue weighted by molar-refractivity contribution is 5.37. The van der Waals surface area contributed by atoms with Crippen LogP contribution >= 0.6 is 0 Å². The molecule has 92 valence electrons. The Balaban J connectivity index is 2.64. The molecule has 0 saturated carbocycles. The number of aliphatic hydroxyl groups is 2. The molecule has 3 N–H and O–H groups in total. The zero-order chi connectivity index (χ0) is 12.9. The Labute approximate surface area is 99.3 Å². The molecule has 4 nitrogen and oxygen atoms in total. The second-order valence-corrected chi connectivity index (χ2v) is 4.17. The van der Waals surface area contributed by atoms with Crippen LogP contribution in [0.2, 0.25) is 0 Å². The second kappa shape index (κ2) is 5.73. The van der Waals surface area contributed by atoms with Crippen LogP contribution in [0.15, 0.2) is 18.2 Å². The molecular formula is C12H15FN2O2. The predicted molar refractivity (Wildman–Crippen MR) is 60.5 cm³/mol. The quantitative estimate of drug-likeness (QED) is 0.699. The van der Waals surface area contributed by atoms with Gasteiger partial charge in [0.05, 0.1) is 23.8 Å². The normalized spacial score (nSPS) is 14.1. The van der Waals surface area contributed by atoms with Gasteiger partial charge in [-0.15, -0.1) is 0 Å². The van der Waals surface area contributed by atoms with Gasteiger partial charge in [0.15, 0.2) is 0 Å². The summed E-state index contributed by atoms with van der Waals surface area (Å²) in [5.74, 6) is -0.408. The largest absolute Gasteiger partial charge is 0.393 e. The molecule has 0 amide bonds. The van der Waals surface area contributed by atoms with Crippen LogP contribution < -0.4 is 5.32 Å². The van der Waals surface area contributed by atoms with E-state index in [1.54, 1.807) is 0 Å². The molecule has 0 radical (unpaired) electrons. The van der Waals surface area contributed by atoms with Crippen LogP contribution in [0, 0.1) is 17.1 Å². The summed E-state index contributed by atoms with van der Waals surface area (Å²) in [4.78, 5) is 0. The molecule has 0 aliphatic carbocycles. The predicted octanol–water partition coefficient (Wildman–Crippen LogP) is 0.530. The van der Waals surface area contributed by atoms with E-state index in [4.69, 9.17) is 10.4 Å². The SMILES string of the molecule is CC(O)(CO)CNCc1cc(F)ccc1C#N. The number of nitrogens with one attached hydrogen (secondary N) is 1. The van der Waals surface area contributed by atoms with Crippen molar-refractivity contribution in [1.29, 1.82) is 5.26 Å². The Hall–Kier alpha value is -1.48. The monoisotopic (exact) mass is 238 g/mol. The fourth-order valence-electron chi connectivity index (χ4n) is 1.34. The van der Waals surface area contributed by atoms with Gasteiger partial charge < -0.3 is 15.5 Å². The highest BCUT2D eigenvalue weighted by Crippen LogP contribution is 2.10. The molecule has 1 aromatic carbocycles. The Morgan fingerprint density at radius 3 is 2.82 bits per heavy atom. The van der Waals surface area contributed by atoms with E-state index in [1.165, 1.54) is 25.1 Å². The molecule has 1 aromatic rings. The van der Waals surface area contributed by atoms with Crippen molar-refractivity contribution in [2.24, 2.45) is 0 Å². The van der Waals surface area contributed by atoms with Crippen molar-refractivity contribution in [3.05, 3.63) is 35.1 Å². The molecule has 5 heteroatoms. The zero-order valence-electron chi connectivity index (χ0n) is 9.57. The summed E-state index contributed by atoms with van der Waals surface area (Å²) in [6.07, 6.45) is 0. The van der Waals surface area contributed by atoms with Crippen molar-refractivity contribution in [2.75, 3.05) is 13.2 Å². The number of halogens is 1. The van der Waals surface area contributed by atoms with Crippen molar-refractivity contribution in [3.8, 4) is 6.07 Å². The van der Waals surface area contributed by atoms with E-state index in [2.05, 4.69) is 5.32 Å². The smallest absolute Gasteiger partial charge is 0.123 e. The van der Waals surface area contributed by atoms with E-state index in [0.29, 0.717) is 11.1 Å². The van der Waals surface area contributed by atoms with Gasteiger partial charge in [-0.1, -0.05) is 0 Å². The highest BCUT2D eigenvalue weighted by atomic mass is 19.1. The van der Waals surface area contributed by atoms with E-state index < -0.39 is 11.4 Å². The Morgan fingerprint density at radius 2 is 2.24 bits per heavy atom. The lowest BCUT2D eigenvalue weighted by Gasteiger charge is -2.20. The zero-order valence-corrected chi connectivity index (χ0v) is 9.57. The van der Waals surface area contributed by atoms with Crippen LogP contribution in [0.3, 0.4) is 0 Å². The van der Waals surface area contributed by atoms with Gasteiger partial charge in [-0.05, 0) is 30.7 Å². The van der Waals surface area contributed by atoms with Gasteiger partial charge in [-0.2, -0.15) is 5.26 Å². The number of benzene rings is 1. The third-order valence-electron chi connectivity index (χ3n) is 2.35. The van der Waals surface area contributed by atoms with Gasteiger partial charge in [0.2, 0.25) is 0 Å². The lowest BCUT2D eigenvalue weighted by Crippen LogP contribution is -2.40. The maximum absolute atomic E-state index is 13.0. The number of hydrogen-bond acceptors (Lipinski definition) is 4. The van der Waals surface area contributed by atoms with Crippen LogP contribution in [0.5, 0.6) is 0 Å². The Kier molecular flexibility index (Phi) is 4.58. The third-order valence-corrected chi connectivity index (χ3v) is 2.35. The molecule has 0 saturated heterocycles. The average molecular weight is 238 g/mol. The molecule has 0 fully saturated rings. The van der Waals surface area contributed by atoms with Crippen molar-refractivity contribution in [3.63, 3.8) is 0 Å². The molecule has 1 atom stereocenters. The van der Waals surface area contributed by atoms with Crippen molar-refractivity contribution in [1.82, 2.24) is 5.32 Å². The maximum Gasteiger partial charge on any atom is 0.123 e. The maximum atomic E-state index is 13.0. The Bertz CT molecular complexity index is 427. The third kappa shape index (κ3) is 4.11. The molecule has 1 rings (SSSR count). The summed E-state index contributed by atoms with van der Waals surface area (Å²) in [7, 11) is 0. The number of nitriles is 1. The van der Waals surface area contributed by atoms with E-state index in [-0.39, 0.29) is 19.7 Å². The topological polar surface area (TPSA) is 76.3 Å². The van der Waals surface area contributed by atoms with E-state index in [0.717, 1.165) is 0 Å². The molecule has 0 spiro atoms. The van der Waals surface area contributed by atoms with Gasteiger partial charge in [0, 0.05) is 13.1 Å². The molecule has 1 unspecified atom stereocenters. The van der Waals surface area contributed by atoms with Crippen molar-refractivity contribution < 1.29 is 14.6 Å². The first-order valence-corrected chi connectivity index (χ1v) is 5.21. The minimum absolute atomic E-state index is 0.158. The van der Waals surface area contributed by atoms with Crippen LogP contribution in [0.1, 0.15) is 18.1 Å². The summed E-state index contributed by atoms with van der Waals surface area (Å²) in [5, 5.41) is 30.1. The molecule has 17 heavy (non-hydrogen) atoms. The molecule has 0 aliphatic heterocycles. The highest BCUT2D eigenvalue weighted by Gasteiger charge is 2.18. The summed E-state index contributed by atoms with van der Waals surface area (Å²) < 4.78 is 13.0. The van der Waals surface area contributed by atoms with Crippen LogP contribution in [0.4, 0.5) is 4.39 Å². The minimum Gasteiger partial charge on any atom is -0.393 e. The fourth-order valence-corrected chi connectivity index (χ4v) is 1.34. The number of nitrogens with zero attached hydrogens (tertiary/aromatic N) is 1. The standard InChI is InChI=1S/C12H15FN2O2/c1-12(17,8-16)7-15-6-10-4-11(13)3-2-9(10)5-14/h2-4,15-17H,6-8H2,1H3. The van der Waals surface area contributed by atoms with Gasteiger partial charge in [-0.25, -0.2) is 4.39 Å². The average Bonchev–Trinajstić information content (AvgIpc) is 2.29. The first-order chi connectivity index (χ1) is 7.98. The summed E-state index contributed by atoms with van der Waals surface area (Å²) in [6, 6.07) is 5.88. The van der Waals surface area contributed by atoms with Crippen molar-refractivity contribution in [2.45, 2.75) is 19.1 Å². The van der Waals surface area contributed by atoms with Crippen molar-refractivity contribution >= 4 is 0 Å². The lowest BCUT2D eigenvalue weighted by atomic mass is 10.1. The molecule has 0 heterocycles. The number of rotatable bonds is 5. The minimum atomic E-state index is -1.22. The number of aliphatic hydroxyl groups excluding tert-OH is 1. The molecule has 0 bridgehead atoms. The van der Waals surface area contributed by atoms with Crippen LogP contribution in [0.25, 0.3) is 0 Å². The first kappa shape index (κ1) is 13.6. The molecule has 0 aliphatic rings. The Morgan fingerprint density at radius 1 is 1.53 bits per heavy atom. The fraction of sp³-hybridized carbons (Fsp3) is 0.417. The first-order valence-electron chi connectivity index (χ1n) is 5.21. The summed E-state index contributed by atoms with van der Waals surface area (Å²) in [6.45, 7) is 1.53. The summed E-state index contributed by atoms with van der Waals surface area (Å²) >= 11 is 0. The van der Waals surface area contributed by atoms with Gasteiger partial charge in [0.1, 0.15) is 5.82 Å². The van der Waals surface area contributed by atoms with Crippen LogP contribution in [-0.4, -0.2) is 29.0 Å².